The van der Waals surface area contributed by atoms with Crippen molar-refractivity contribution in [3.05, 3.63) is 176 Å². The third-order valence-electron chi connectivity index (χ3n) is 9.82. The van der Waals surface area contributed by atoms with Gasteiger partial charge in [0, 0.05) is 33.5 Å². The monoisotopic (exact) mass is 650 g/mol. The molecule has 0 radical (unpaired) electrons. The molecule has 0 atom stereocenters. The number of benzene rings is 9. The van der Waals surface area contributed by atoms with E-state index in [0.29, 0.717) is 17.5 Å². The lowest BCUT2D eigenvalue weighted by Gasteiger charge is -2.16. The summed E-state index contributed by atoms with van der Waals surface area (Å²) < 4.78 is 0. The van der Waals surface area contributed by atoms with Crippen molar-refractivity contribution in [1.29, 1.82) is 0 Å². The molecule has 0 fully saturated rings. The summed E-state index contributed by atoms with van der Waals surface area (Å²) in [6.45, 7) is 0. The fraction of sp³-hybridized carbons (Fsp3) is 0. The molecule has 0 saturated carbocycles. The first-order valence-electron chi connectivity index (χ1n) is 17.2. The van der Waals surface area contributed by atoms with Crippen LogP contribution < -0.4 is 5.32 Å². The molecule has 0 aliphatic heterocycles. The van der Waals surface area contributed by atoms with Gasteiger partial charge < -0.3 is 5.32 Å². The van der Waals surface area contributed by atoms with Gasteiger partial charge in [0.05, 0.1) is 0 Å². The van der Waals surface area contributed by atoms with Crippen molar-refractivity contribution in [2.24, 2.45) is 0 Å². The zero-order valence-electron chi connectivity index (χ0n) is 27.6. The van der Waals surface area contributed by atoms with E-state index in [2.05, 4.69) is 151 Å². The van der Waals surface area contributed by atoms with Crippen molar-refractivity contribution in [3.63, 3.8) is 0 Å². The van der Waals surface area contributed by atoms with Crippen LogP contribution in [0, 0.1) is 0 Å². The second-order valence-corrected chi connectivity index (χ2v) is 13.0. The number of nitrogens with one attached hydrogen (secondary N) is 1. The Morgan fingerprint density at radius 3 is 1.51 bits per heavy atom. The summed E-state index contributed by atoms with van der Waals surface area (Å²) >= 11 is 0. The quantitative estimate of drug-likeness (QED) is 0.149. The van der Waals surface area contributed by atoms with E-state index in [1.165, 1.54) is 48.5 Å². The van der Waals surface area contributed by atoms with Gasteiger partial charge in [0.25, 0.3) is 0 Å². The molecule has 1 heterocycles. The second-order valence-electron chi connectivity index (χ2n) is 13.0. The highest BCUT2D eigenvalue weighted by molar-refractivity contribution is 6.29. The third kappa shape index (κ3) is 5.13. The van der Waals surface area contributed by atoms with Crippen molar-refractivity contribution in [2.45, 2.75) is 0 Å². The molecule has 51 heavy (non-hydrogen) atoms. The molecule has 4 nitrogen and oxygen atoms in total. The van der Waals surface area contributed by atoms with Crippen LogP contribution in [-0.2, 0) is 0 Å². The number of anilines is 2. The molecule has 238 valence electrons. The van der Waals surface area contributed by atoms with Gasteiger partial charge in [-0.25, -0.2) is 15.0 Å². The fourth-order valence-electron chi connectivity index (χ4n) is 7.33. The Bertz CT molecular complexity index is 2930. The Kier molecular flexibility index (Phi) is 6.78. The molecule has 0 aliphatic carbocycles. The van der Waals surface area contributed by atoms with Crippen molar-refractivity contribution >= 4 is 65.2 Å². The minimum absolute atomic E-state index is 0.633. The van der Waals surface area contributed by atoms with Gasteiger partial charge in [0.1, 0.15) is 0 Å². The lowest BCUT2D eigenvalue weighted by atomic mass is 9.91. The summed E-state index contributed by atoms with van der Waals surface area (Å²) in [7, 11) is 0. The Balaban J connectivity index is 1.06. The van der Waals surface area contributed by atoms with E-state index < -0.39 is 0 Å². The Labute approximate surface area is 294 Å². The van der Waals surface area contributed by atoms with Gasteiger partial charge in [-0.2, -0.15) is 0 Å². The van der Waals surface area contributed by atoms with Crippen LogP contribution in [-0.4, -0.2) is 15.0 Å². The van der Waals surface area contributed by atoms with E-state index >= 15 is 0 Å². The largest absolute Gasteiger partial charge is 0.355 e. The smallest absolute Gasteiger partial charge is 0.164 e. The van der Waals surface area contributed by atoms with Gasteiger partial charge in [-0.1, -0.05) is 127 Å². The number of hydrogen-bond acceptors (Lipinski definition) is 4. The van der Waals surface area contributed by atoms with Crippen LogP contribution in [0.5, 0.6) is 0 Å². The zero-order valence-corrected chi connectivity index (χ0v) is 27.6. The van der Waals surface area contributed by atoms with Gasteiger partial charge in [-0.3, -0.25) is 0 Å². The molecule has 1 N–H and O–H groups in total. The SMILES string of the molecule is c1ccc(-c2nc(-c3ccc(Nc4cccc5c6cc7ccccc7cc6c6ccccc6c45)cc3)nc(-c3ccc4ccccc4c3)n2)cc1. The highest BCUT2D eigenvalue weighted by Crippen LogP contribution is 2.41. The Morgan fingerprint density at radius 1 is 0.314 bits per heavy atom. The maximum atomic E-state index is 5.00. The normalized spacial score (nSPS) is 11.5. The van der Waals surface area contributed by atoms with E-state index in [1.54, 1.807) is 0 Å². The summed E-state index contributed by atoms with van der Waals surface area (Å²) in [6.07, 6.45) is 0. The molecule has 0 amide bonds. The summed E-state index contributed by atoms with van der Waals surface area (Å²) in [5, 5.41) is 16.0. The third-order valence-corrected chi connectivity index (χ3v) is 9.82. The number of rotatable bonds is 5. The van der Waals surface area contributed by atoms with E-state index in [9.17, 15) is 0 Å². The maximum absolute atomic E-state index is 5.00. The van der Waals surface area contributed by atoms with Crippen molar-refractivity contribution < 1.29 is 0 Å². The lowest BCUT2D eigenvalue weighted by molar-refractivity contribution is 1.07. The van der Waals surface area contributed by atoms with Crippen molar-refractivity contribution in [3.8, 4) is 34.2 Å². The average Bonchev–Trinajstić information content (AvgIpc) is 3.20. The number of aromatic nitrogens is 3. The van der Waals surface area contributed by atoms with Crippen LogP contribution in [0.4, 0.5) is 11.4 Å². The molecule has 0 spiro atoms. The fourth-order valence-corrected chi connectivity index (χ4v) is 7.33. The minimum Gasteiger partial charge on any atom is -0.355 e. The van der Waals surface area contributed by atoms with Gasteiger partial charge in [-0.15, -0.1) is 0 Å². The molecule has 0 bridgehead atoms. The number of fused-ring (bicyclic) bond motifs is 8. The van der Waals surface area contributed by atoms with Gasteiger partial charge in [0.15, 0.2) is 17.5 Å². The van der Waals surface area contributed by atoms with Gasteiger partial charge in [0.2, 0.25) is 0 Å². The molecule has 9 aromatic carbocycles. The first-order valence-corrected chi connectivity index (χ1v) is 17.2. The molecule has 4 heteroatoms. The molecule has 10 rings (SSSR count). The molecule has 0 unspecified atom stereocenters. The topological polar surface area (TPSA) is 50.7 Å². The summed E-state index contributed by atoms with van der Waals surface area (Å²) in [4.78, 5) is 14.9. The first kappa shape index (κ1) is 29.0. The molecule has 0 aliphatic rings. The predicted octanol–water partition coefficient (Wildman–Crippen LogP) is 12.4. The van der Waals surface area contributed by atoms with E-state index in [1.807, 2.05) is 30.3 Å². The molecule has 0 saturated heterocycles. The summed E-state index contributed by atoms with van der Waals surface area (Å²) in [5.74, 6) is 1.93. The zero-order chi connectivity index (χ0) is 33.7. The van der Waals surface area contributed by atoms with E-state index in [0.717, 1.165) is 33.5 Å². The second kappa shape index (κ2) is 11.9. The van der Waals surface area contributed by atoms with E-state index in [4.69, 9.17) is 15.0 Å². The highest BCUT2D eigenvalue weighted by Gasteiger charge is 2.15. The molecular weight excluding hydrogens is 621 g/mol. The van der Waals surface area contributed by atoms with Crippen LogP contribution in [0.25, 0.3) is 88.0 Å². The lowest BCUT2D eigenvalue weighted by Crippen LogP contribution is -2.00. The average molecular weight is 651 g/mol. The molecular formula is C47H30N4. The van der Waals surface area contributed by atoms with Crippen LogP contribution in [0.15, 0.2) is 176 Å². The number of nitrogens with zero attached hydrogens (tertiary/aromatic N) is 3. The minimum atomic E-state index is 0.633. The predicted molar refractivity (Wildman–Crippen MR) is 213 cm³/mol. The van der Waals surface area contributed by atoms with Gasteiger partial charge >= 0.3 is 0 Å². The van der Waals surface area contributed by atoms with Crippen molar-refractivity contribution in [2.75, 3.05) is 5.32 Å². The maximum Gasteiger partial charge on any atom is 0.164 e. The van der Waals surface area contributed by atoms with Crippen LogP contribution in [0.1, 0.15) is 0 Å². The van der Waals surface area contributed by atoms with Crippen molar-refractivity contribution in [1.82, 2.24) is 15.0 Å². The first-order chi connectivity index (χ1) is 25.2. The molecule has 1 aromatic heterocycles. The molecule has 10 aromatic rings. The van der Waals surface area contributed by atoms with E-state index in [-0.39, 0.29) is 0 Å². The highest BCUT2D eigenvalue weighted by atomic mass is 15.0. The number of hydrogen-bond donors (Lipinski definition) is 1. The van der Waals surface area contributed by atoms with Crippen LogP contribution in [0.2, 0.25) is 0 Å². The summed E-state index contributed by atoms with van der Waals surface area (Å²) in [5.41, 5.74) is 4.88. The van der Waals surface area contributed by atoms with Crippen LogP contribution in [0.3, 0.4) is 0 Å². The Hall–Kier alpha value is -6.91. The Morgan fingerprint density at radius 2 is 0.804 bits per heavy atom. The standard InChI is InChI=1S/C47H30N4/c1-2-12-31(13-3-1)45-49-46(51-47(50-45)36-22-21-30-11-4-5-14-33(30)27-36)32-23-25-37(26-24-32)48-43-20-10-19-40-42-29-35-16-7-6-15-34(35)28-41(42)38-17-8-9-18-39(38)44(40)43/h1-29,48H. The summed E-state index contributed by atoms with van der Waals surface area (Å²) in [6, 6.07) is 61.8. The van der Waals surface area contributed by atoms with Gasteiger partial charge in [-0.05, 0) is 97.0 Å². The van der Waals surface area contributed by atoms with Crippen LogP contribution >= 0.6 is 0 Å².